The first-order valence-corrected chi connectivity index (χ1v) is 8.27. The average Bonchev–Trinajstić information content (AvgIpc) is 3.04. The largest absolute Gasteiger partial charge is 0.344 e. The SMILES string of the molecule is NCCCCCC(=O)NC(c1ccccc1)c1cccs1. The molecule has 0 saturated heterocycles. The van der Waals surface area contributed by atoms with Crippen LogP contribution in [0.15, 0.2) is 47.8 Å². The summed E-state index contributed by atoms with van der Waals surface area (Å²) in [6, 6.07) is 14.1. The summed E-state index contributed by atoms with van der Waals surface area (Å²) in [6.07, 6.45) is 3.46. The topological polar surface area (TPSA) is 55.1 Å². The fraction of sp³-hybridized carbons (Fsp3) is 0.353. The molecule has 1 heterocycles. The summed E-state index contributed by atoms with van der Waals surface area (Å²) in [6.45, 7) is 0.698. The molecule has 21 heavy (non-hydrogen) atoms. The van der Waals surface area contributed by atoms with Crippen LogP contribution in [0.3, 0.4) is 0 Å². The Hall–Kier alpha value is -1.65. The van der Waals surface area contributed by atoms with Crippen molar-refractivity contribution >= 4 is 17.2 Å². The molecule has 1 aromatic heterocycles. The fourth-order valence-corrected chi connectivity index (χ4v) is 3.06. The Bertz CT molecular complexity index is 525. The van der Waals surface area contributed by atoms with E-state index in [1.165, 1.54) is 0 Å². The fourth-order valence-electron chi connectivity index (χ4n) is 2.26. The van der Waals surface area contributed by atoms with Crippen molar-refractivity contribution < 1.29 is 4.79 Å². The van der Waals surface area contributed by atoms with E-state index in [0.29, 0.717) is 13.0 Å². The van der Waals surface area contributed by atoms with E-state index in [2.05, 4.69) is 23.5 Å². The molecule has 0 spiro atoms. The van der Waals surface area contributed by atoms with Gasteiger partial charge in [0.15, 0.2) is 0 Å². The van der Waals surface area contributed by atoms with E-state index in [0.717, 1.165) is 29.7 Å². The van der Waals surface area contributed by atoms with E-state index in [-0.39, 0.29) is 11.9 Å². The molecule has 1 unspecified atom stereocenters. The van der Waals surface area contributed by atoms with Gasteiger partial charge in [-0.2, -0.15) is 0 Å². The zero-order chi connectivity index (χ0) is 14.9. The second kappa shape index (κ2) is 8.60. The van der Waals surface area contributed by atoms with Crippen LogP contribution in [0.4, 0.5) is 0 Å². The number of nitrogens with one attached hydrogen (secondary N) is 1. The van der Waals surface area contributed by atoms with Crippen LogP contribution in [0.1, 0.15) is 42.2 Å². The molecule has 0 aliphatic rings. The van der Waals surface area contributed by atoms with Crippen molar-refractivity contribution in [2.24, 2.45) is 5.73 Å². The van der Waals surface area contributed by atoms with E-state index in [9.17, 15) is 4.79 Å². The lowest BCUT2D eigenvalue weighted by atomic mass is 10.0. The first kappa shape index (κ1) is 15.7. The number of unbranched alkanes of at least 4 members (excludes halogenated alkanes) is 2. The number of hydrogen-bond acceptors (Lipinski definition) is 3. The quantitative estimate of drug-likeness (QED) is 0.734. The molecule has 3 nitrogen and oxygen atoms in total. The van der Waals surface area contributed by atoms with Crippen molar-refractivity contribution in [3.63, 3.8) is 0 Å². The average molecular weight is 302 g/mol. The summed E-state index contributed by atoms with van der Waals surface area (Å²) in [5.41, 5.74) is 6.59. The molecule has 0 aliphatic heterocycles. The summed E-state index contributed by atoms with van der Waals surface area (Å²) >= 11 is 1.67. The lowest BCUT2D eigenvalue weighted by Gasteiger charge is -2.18. The molecule has 0 saturated carbocycles. The van der Waals surface area contributed by atoms with Gasteiger partial charge in [0.1, 0.15) is 0 Å². The Morgan fingerprint density at radius 3 is 2.57 bits per heavy atom. The molecule has 0 aliphatic carbocycles. The maximum Gasteiger partial charge on any atom is 0.220 e. The van der Waals surface area contributed by atoms with Gasteiger partial charge in [0.2, 0.25) is 5.91 Å². The lowest BCUT2D eigenvalue weighted by molar-refractivity contribution is -0.121. The highest BCUT2D eigenvalue weighted by atomic mass is 32.1. The van der Waals surface area contributed by atoms with Crippen LogP contribution in [-0.4, -0.2) is 12.5 Å². The zero-order valence-electron chi connectivity index (χ0n) is 12.1. The molecule has 4 heteroatoms. The van der Waals surface area contributed by atoms with Crippen LogP contribution in [0.2, 0.25) is 0 Å². The molecular weight excluding hydrogens is 280 g/mol. The molecule has 1 amide bonds. The molecule has 0 radical (unpaired) electrons. The summed E-state index contributed by atoms with van der Waals surface area (Å²) in [5.74, 6) is 0.106. The minimum atomic E-state index is -0.0480. The third kappa shape index (κ3) is 4.99. The Morgan fingerprint density at radius 2 is 1.90 bits per heavy atom. The van der Waals surface area contributed by atoms with E-state index in [1.807, 2.05) is 29.6 Å². The molecule has 112 valence electrons. The van der Waals surface area contributed by atoms with E-state index >= 15 is 0 Å². The Labute approximate surface area is 130 Å². The normalized spacial score (nSPS) is 12.0. The van der Waals surface area contributed by atoms with Crippen LogP contribution in [-0.2, 0) is 4.79 Å². The standard InChI is InChI=1S/C17H22N2OS/c18-12-6-2-5-11-16(20)19-17(15-10-7-13-21-15)14-8-3-1-4-9-14/h1,3-4,7-10,13,17H,2,5-6,11-12,18H2,(H,19,20). The van der Waals surface area contributed by atoms with Gasteiger partial charge >= 0.3 is 0 Å². The Balaban J connectivity index is 1.99. The molecule has 1 atom stereocenters. The predicted octanol–water partition coefficient (Wildman–Crippen LogP) is 3.47. The van der Waals surface area contributed by atoms with Crippen LogP contribution in [0.5, 0.6) is 0 Å². The van der Waals surface area contributed by atoms with Crippen LogP contribution in [0.25, 0.3) is 0 Å². The Kier molecular flexibility index (Phi) is 6.44. The molecule has 2 rings (SSSR count). The second-order valence-electron chi connectivity index (χ2n) is 5.03. The second-order valence-corrected chi connectivity index (χ2v) is 6.01. The number of benzene rings is 1. The molecule has 2 aromatic rings. The predicted molar refractivity (Wildman–Crippen MR) is 88.3 cm³/mol. The smallest absolute Gasteiger partial charge is 0.220 e. The van der Waals surface area contributed by atoms with Gasteiger partial charge in [-0.1, -0.05) is 42.8 Å². The van der Waals surface area contributed by atoms with Crippen molar-refractivity contribution in [1.82, 2.24) is 5.32 Å². The van der Waals surface area contributed by atoms with Gasteiger partial charge in [0.25, 0.3) is 0 Å². The maximum atomic E-state index is 12.1. The summed E-state index contributed by atoms with van der Waals surface area (Å²) < 4.78 is 0. The molecule has 0 fully saturated rings. The number of rotatable bonds is 8. The van der Waals surface area contributed by atoms with Gasteiger partial charge in [0, 0.05) is 11.3 Å². The highest BCUT2D eigenvalue weighted by Gasteiger charge is 2.17. The summed E-state index contributed by atoms with van der Waals surface area (Å²) in [4.78, 5) is 13.3. The van der Waals surface area contributed by atoms with Gasteiger partial charge in [-0.25, -0.2) is 0 Å². The minimum absolute atomic E-state index is 0.0480. The van der Waals surface area contributed by atoms with Crippen molar-refractivity contribution in [3.8, 4) is 0 Å². The van der Waals surface area contributed by atoms with Crippen molar-refractivity contribution in [2.75, 3.05) is 6.54 Å². The van der Waals surface area contributed by atoms with Crippen LogP contribution in [0, 0.1) is 0 Å². The highest BCUT2D eigenvalue weighted by Crippen LogP contribution is 2.26. The maximum absolute atomic E-state index is 12.1. The molecule has 1 aromatic carbocycles. The van der Waals surface area contributed by atoms with E-state index < -0.39 is 0 Å². The number of hydrogen-bond donors (Lipinski definition) is 2. The summed E-state index contributed by atoms with van der Waals surface area (Å²) in [7, 11) is 0. The first-order valence-electron chi connectivity index (χ1n) is 7.39. The summed E-state index contributed by atoms with van der Waals surface area (Å²) in [5, 5.41) is 5.19. The van der Waals surface area contributed by atoms with Gasteiger partial charge in [0.05, 0.1) is 6.04 Å². The molecular formula is C17H22N2OS. The third-order valence-electron chi connectivity index (χ3n) is 3.37. The van der Waals surface area contributed by atoms with Crippen LogP contribution < -0.4 is 11.1 Å². The van der Waals surface area contributed by atoms with Crippen molar-refractivity contribution in [3.05, 3.63) is 58.3 Å². The monoisotopic (exact) mass is 302 g/mol. The lowest BCUT2D eigenvalue weighted by Crippen LogP contribution is -2.28. The number of amides is 1. The number of carbonyl (C=O) groups is 1. The van der Waals surface area contributed by atoms with E-state index in [4.69, 9.17) is 5.73 Å². The zero-order valence-corrected chi connectivity index (χ0v) is 12.9. The van der Waals surface area contributed by atoms with Gasteiger partial charge in [-0.15, -0.1) is 11.3 Å². The van der Waals surface area contributed by atoms with Crippen molar-refractivity contribution in [1.29, 1.82) is 0 Å². The molecule has 0 bridgehead atoms. The number of nitrogens with two attached hydrogens (primary N) is 1. The number of carbonyl (C=O) groups excluding carboxylic acids is 1. The van der Waals surface area contributed by atoms with Gasteiger partial charge in [-0.3, -0.25) is 4.79 Å². The minimum Gasteiger partial charge on any atom is -0.344 e. The van der Waals surface area contributed by atoms with Crippen LogP contribution >= 0.6 is 11.3 Å². The number of thiophene rings is 1. The third-order valence-corrected chi connectivity index (χ3v) is 4.31. The van der Waals surface area contributed by atoms with Gasteiger partial charge in [-0.05, 0) is 36.4 Å². The van der Waals surface area contributed by atoms with Crippen molar-refractivity contribution in [2.45, 2.75) is 31.7 Å². The Morgan fingerprint density at radius 1 is 1.10 bits per heavy atom. The highest BCUT2D eigenvalue weighted by molar-refractivity contribution is 7.10. The first-order chi connectivity index (χ1) is 10.3. The van der Waals surface area contributed by atoms with E-state index in [1.54, 1.807) is 11.3 Å². The molecule has 3 N–H and O–H groups in total. The van der Waals surface area contributed by atoms with Gasteiger partial charge < -0.3 is 11.1 Å².